The molecule has 92 valence electrons. The van der Waals surface area contributed by atoms with E-state index < -0.39 is 0 Å². The van der Waals surface area contributed by atoms with Crippen LogP contribution in [-0.2, 0) is 0 Å². The van der Waals surface area contributed by atoms with Crippen molar-refractivity contribution in [2.24, 2.45) is 5.92 Å². The number of carbonyl (C=O) groups is 1. The number of amides is 1. The van der Waals surface area contributed by atoms with Crippen LogP contribution in [0.15, 0.2) is 21.2 Å². The zero-order valence-corrected chi connectivity index (χ0v) is 11.1. The third-order valence-electron chi connectivity index (χ3n) is 3.67. The Morgan fingerprint density at radius 2 is 2.35 bits per heavy atom. The van der Waals surface area contributed by atoms with Gasteiger partial charge in [0.1, 0.15) is 0 Å². The fourth-order valence-corrected chi connectivity index (χ4v) is 3.10. The third-order valence-corrected chi connectivity index (χ3v) is 4.10. The molecule has 2 fully saturated rings. The summed E-state index contributed by atoms with van der Waals surface area (Å²) in [6, 6.07) is 3.96. The zero-order chi connectivity index (χ0) is 11.8. The lowest BCUT2D eigenvalue weighted by atomic mass is 9.94. The summed E-state index contributed by atoms with van der Waals surface area (Å²) in [6.07, 6.45) is 2.44. The van der Waals surface area contributed by atoms with Gasteiger partial charge >= 0.3 is 0 Å². The molecule has 3 heterocycles. The molecule has 17 heavy (non-hydrogen) atoms. The quantitative estimate of drug-likeness (QED) is 0.861. The van der Waals surface area contributed by atoms with Gasteiger partial charge in [0.25, 0.3) is 5.91 Å². The monoisotopic (exact) mass is 298 g/mol. The van der Waals surface area contributed by atoms with Gasteiger partial charge in [-0.2, -0.15) is 0 Å². The van der Waals surface area contributed by atoms with E-state index in [2.05, 4.69) is 21.2 Å². The molecule has 2 unspecified atom stereocenters. The summed E-state index contributed by atoms with van der Waals surface area (Å²) in [5.74, 6) is 1.05. The van der Waals surface area contributed by atoms with Crippen LogP contribution in [0.25, 0.3) is 0 Å². The van der Waals surface area contributed by atoms with Crippen LogP contribution in [0.4, 0.5) is 0 Å². The van der Waals surface area contributed by atoms with E-state index in [0.717, 1.165) is 19.6 Å². The first-order valence-electron chi connectivity index (χ1n) is 6.02. The second-order valence-electron chi connectivity index (χ2n) is 4.78. The van der Waals surface area contributed by atoms with Crippen LogP contribution in [0.3, 0.4) is 0 Å². The highest BCUT2D eigenvalue weighted by atomic mass is 79.9. The molecule has 1 N–H and O–H groups in total. The molecule has 3 rings (SSSR count). The molecule has 0 radical (unpaired) electrons. The van der Waals surface area contributed by atoms with Crippen molar-refractivity contribution >= 4 is 21.8 Å². The van der Waals surface area contributed by atoms with E-state index in [-0.39, 0.29) is 5.91 Å². The highest BCUT2D eigenvalue weighted by Gasteiger charge is 2.37. The number of hydrogen-bond donors (Lipinski definition) is 1. The van der Waals surface area contributed by atoms with Gasteiger partial charge < -0.3 is 14.6 Å². The van der Waals surface area contributed by atoms with Gasteiger partial charge in [-0.3, -0.25) is 4.79 Å². The van der Waals surface area contributed by atoms with Crippen molar-refractivity contribution in [2.75, 3.05) is 19.6 Å². The van der Waals surface area contributed by atoms with Crippen molar-refractivity contribution in [2.45, 2.75) is 18.9 Å². The molecule has 0 bridgehead atoms. The summed E-state index contributed by atoms with van der Waals surface area (Å²) in [5, 5.41) is 3.49. The minimum Gasteiger partial charge on any atom is -0.444 e. The maximum Gasteiger partial charge on any atom is 0.289 e. The average Bonchev–Trinajstić information content (AvgIpc) is 2.93. The average molecular weight is 299 g/mol. The van der Waals surface area contributed by atoms with Crippen molar-refractivity contribution in [1.29, 1.82) is 0 Å². The summed E-state index contributed by atoms with van der Waals surface area (Å²) >= 11 is 3.22. The summed E-state index contributed by atoms with van der Waals surface area (Å²) in [4.78, 5) is 14.1. The molecule has 4 nitrogen and oxygen atoms in total. The number of halogens is 1. The molecule has 2 aliphatic rings. The fourth-order valence-electron chi connectivity index (χ4n) is 2.80. The lowest BCUT2D eigenvalue weighted by Crippen LogP contribution is -2.41. The van der Waals surface area contributed by atoms with Crippen LogP contribution in [0, 0.1) is 5.92 Å². The van der Waals surface area contributed by atoms with E-state index in [1.165, 1.54) is 12.8 Å². The van der Waals surface area contributed by atoms with E-state index in [4.69, 9.17) is 4.42 Å². The largest absolute Gasteiger partial charge is 0.444 e. The number of piperidine rings is 1. The van der Waals surface area contributed by atoms with Gasteiger partial charge in [0.05, 0.1) is 0 Å². The number of nitrogens with zero attached hydrogens (tertiary/aromatic N) is 1. The Morgan fingerprint density at radius 3 is 3.06 bits per heavy atom. The predicted molar refractivity (Wildman–Crippen MR) is 66.8 cm³/mol. The first-order valence-corrected chi connectivity index (χ1v) is 6.81. The molecule has 0 aliphatic carbocycles. The van der Waals surface area contributed by atoms with Crippen molar-refractivity contribution in [3.63, 3.8) is 0 Å². The fraction of sp³-hybridized carbons (Fsp3) is 0.583. The summed E-state index contributed by atoms with van der Waals surface area (Å²) in [5.41, 5.74) is 0. The van der Waals surface area contributed by atoms with Crippen LogP contribution >= 0.6 is 15.9 Å². The topological polar surface area (TPSA) is 45.5 Å². The smallest absolute Gasteiger partial charge is 0.289 e. The Morgan fingerprint density at radius 1 is 1.47 bits per heavy atom. The van der Waals surface area contributed by atoms with E-state index >= 15 is 0 Å². The number of carbonyl (C=O) groups excluding carboxylic acids is 1. The van der Waals surface area contributed by atoms with Crippen molar-refractivity contribution in [3.05, 3.63) is 22.6 Å². The molecule has 2 aliphatic heterocycles. The highest BCUT2D eigenvalue weighted by molar-refractivity contribution is 9.10. The van der Waals surface area contributed by atoms with Crippen LogP contribution < -0.4 is 5.32 Å². The molecule has 0 spiro atoms. The van der Waals surface area contributed by atoms with Gasteiger partial charge in [-0.25, -0.2) is 0 Å². The number of rotatable bonds is 1. The number of furan rings is 1. The SMILES string of the molecule is O=C(c1ccc(Br)o1)N1CC2CCCNC2C1. The van der Waals surface area contributed by atoms with Crippen molar-refractivity contribution < 1.29 is 9.21 Å². The molecule has 0 saturated carbocycles. The number of likely N-dealkylation sites (tertiary alicyclic amines) is 1. The molecule has 2 atom stereocenters. The molecule has 5 heteroatoms. The Hall–Kier alpha value is -0.810. The summed E-state index contributed by atoms with van der Waals surface area (Å²) in [6.45, 7) is 2.74. The first kappa shape index (κ1) is 11.3. The van der Waals surface area contributed by atoms with E-state index in [1.807, 2.05) is 4.90 Å². The van der Waals surface area contributed by atoms with Crippen LogP contribution in [0.5, 0.6) is 0 Å². The third kappa shape index (κ3) is 2.13. The minimum absolute atomic E-state index is 0.00639. The molecule has 1 amide bonds. The summed E-state index contributed by atoms with van der Waals surface area (Å²) < 4.78 is 5.92. The Kier molecular flexibility index (Phi) is 2.96. The Balaban J connectivity index is 1.71. The van der Waals surface area contributed by atoms with Crippen molar-refractivity contribution in [3.8, 4) is 0 Å². The second-order valence-corrected chi connectivity index (χ2v) is 5.56. The second kappa shape index (κ2) is 4.46. The van der Waals surface area contributed by atoms with Gasteiger partial charge in [0.2, 0.25) is 0 Å². The van der Waals surface area contributed by atoms with Crippen molar-refractivity contribution in [1.82, 2.24) is 10.2 Å². The maximum atomic E-state index is 12.2. The van der Waals surface area contributed by atoms with E-state index in [9.17, 15) is 4.79 Å². The standard InChI is InChI=1S/C12H15BrN2O2/c13-11-4-3-10(17-11)12(16)15-6-8-2-1-5-14-9(8)7-15/h3-4,8-9,14H,1-2,5-7H2. The highest BCUT2D eigenvalue weighted by Crippen LogP contribution is 2.26. The molecule has 1 aromatic rings. The minimum atomic E-state index is 0.00639. The molecule has 2 saturated heterocycles. The maximum absolute atomic E-state index is 12.2. The molecule has 0 aromatic carbocycles. The normalized spacial score (nSPS) is 28.2. The zero-order valence-electron chi connectivity index (χ0n) is 9.49. The van der Waals surface area contributed by atoms with Crippen LogP contribution in [-0.4, -0.2) is 36.5 Å². The van der Waals surface area contributed by atoms with E-state index in [0.29, 0.717) is 22.4 Å². The van der Waals surface area contributed by atoms with Crippen LogP contribution in [0.1, 0.15) is 23.4 Å². The first-order chi connectivity index (χ1) is 8.24. The lowest BCUT2D eigenvalue weighted by molar-refractivity contribution is 0.0752. The van der Waals surface area contributed by atoms with Crippen LogP contribution in [0.2, 0.25) is 0 Å². The number of nitrogens with one attached hydrogen (secondary N) is 1. The predicted octanol–water partition coefficient (Wildman–Crippen LogP) is 1.87. The molecular formula is C12H15BrN2O2. The summed E-state index contributed by atoms with van der Waals surface area (Å²) in [7, 11) is 0. The Labute approximate surface area is 108 Å². The lowest BCUT2D eigenvalue weighted by Gasteiger charge is -2.24. The van der Waals surface area contributed by atoms with Gasteiger partial charge in [-0.05, 0) is 53.4 Å². The molecular weight excluding hydrogens is 284 g/mol. The van der Waals surface area contributed by atoms with Gasteiger partial charge in [0, 0.05) is 19.1 Å². The Bertz CT molecular complexity index is 418. The number of hydrogen-bond acceptors (Lipinski definition) is 3. The molecule has 1 aromatic heterocycles. The van der Waals surface area contributed by atoms with Gasteiger partial charge in [-0.15, -0.1) is 0 Å². The van der Waals surface area contributed by atoms with E-state index in [1.54, 1.807) is 12.1 Å². The number of fused-ring (bicyclic) bond motifs is 1. The van der Waals surface area contributed by atoms with Gasteiger partial charge in [0.15, 0.2) is 10.4 Å². The van der Waals surface area contributed by atoms with Gasteiger partial charge in [-0.1, -0.05) is 0 Å².